The average molecular weight is 220 g/mol. The molecule has 0 aromatic rings. The molecule has 0 radical (unpaired) electrons. The second-order valence-electron chi connectivity index (χ2n) is 7.39. The van der Waals surface area contributed by atoms with Gasteiger partial charge in [0.2, 0.25) is 0 Å². The third-order valence-electron chi connectivity index (χ3n) is 6.44. The fourth-order valence-corrected chi connectivity index (χ4v) is 5.71. The molecule has 0 aromatic carbocycles. The molecule has 0 heterocycles. The van der Waals surface area contributed by atoms with Gasteiger partial charge in [0.25, 0.3) is 0 Å². The van der Waals surface area contributed by atoms with Gasteiger partial charge in [0.1, 0.15) is 5.78 Å². The number of carbonyl (C=O) groups is 1. The van der Waals surface area contributed by atoms with Gasteiger partial charge in [-0.2, -0.15) is 0 Å². The van der Waals surface area contributed by atoms with Crippen LogP contribution >= 0.6 is 0 Å². The van der Waals surface area contributed by atoms with E-state index in [1.54, 1.807) is 0 Å². The first kappa shape index (κ1) is 10.8. The summed E-state index contributed by atoms with van der Waals surface area (Å²) in [6.45, 7) is 9.45. The van der Waals surface area contributed by atoms with E-state index in [4.69, 9.17) is 0 Å². The van der Waals surface area contributed by atoms with Crippen LogP contribution in [0.3, 0.4) is 0 Å². The lowest BCUT2D eigenvalue weighted by Gasteiger charge is -2.38. The summed E-state index contributed by atoms with van der Waals surface area (Å²) in [5, 5.41) is 0. The number of fused-ring (bicyclic) bond motifs is 1. The molecule has 0 amide bonds. The predicted octanol–water partition coefficient (Wildman–Crippen LogP) is 3.67. The molecule has 3 aliphatic rings. The molecule has 5 atom stereocenters. The molecular formula is C15H24O. The van der Waals surface area contributed by atoms with Crippen molar-refractivity contribution in [3.05, 3.63) is 0 Å². The average Bonchev–Trinajstić information content (AvgIpc) is 2.54. The van der Waals surface area contributed by atoms with Crippen molar-refractivity contribution >= 4 is 5.78 Å². The normalized spacial score (nSPS) is 54.1. The summed E-state index contributed by atoms with van der Waals surface area (Å²) in [6.07, 6.45) is 4.85. The van der Waals surface area contributed by atoms with Crippen molar-refractivity contribution in [3.8, 4) is 0 Å². The summed E-state index contributed by atoms with van der Waals surface area (Å²) < 4.78 is 0. The topological polar surface area (TPSA) is 17.1 Å². The van der Waals surface area contributed by atoms with E-state index in [-0.39, 0.29) is 5.41 Å². The molecule has 1 nitrogen and oxygen atoms in total. The minimum atomic E-state index is 0.262. The Morgan fingerprint density at radius 3 is 2.62 bits per heavy atom. The zero-order valence-corrected chi connectivity index (χ0v) is 11.0. The van der Waals surface area contributed by atoms with Crippen molar-refractivity contribution in [1.82, 2.24) is 0 Å². The minimum absolute atomic E-state index is 0.262. The third kappa shape index (κ3) is 1.01. The second kappa shape index (κ2) is 2.91. The maximum Gasteiger partial charge on any atom is 0.137 e. The van der Waals surface area contributed by atoms with Crippen LogP contribution in [-0.4, -0.2) is 5.78 Å². The Morgan fingerprint density at radius 2 is 1.94 bits per heavy atom. The molecule has 1 heteroatoms. The standard InChI is InChI=1S/C15H24O/c1-9-5-6-15-8-11(9)14(3,4)13(15)12(16)7-10(15)2/h9-11,13H,5-8H2,1-4H3/t9-,10-,11+,13+,15+/m1/s1. The molecule has 2 bridgehead atoms. The zero-order chi connectivity index (χ0) is 11.7. The lowest BCUT2D eigenvalue weighted by molar-refractivity contribution is -0.125. The van der Waals surface area contributed by atoms with Gasteiger partial charge in [-0.15, -0.1) is 0 Å². The van der Waals surface area contributed by atoms with Crippen LogP contribution < -0.4 is 0 Å². The van der Waals surface area contributed by atoms with Crippen LogP contribution in [0.5, 0.6) is 0 Å². The first-order valence-electron chi connectivity index (χ1n) is 6.92. The number of rotatable bonds is 0. The summed E-state index contributed by atoms with van der Waals surface area (Å²) in [5.41, 5.74) is 0.662. The Balaban J connectivity index is 2.11. The van der Waals surface area contributed by atoms with E-state index < -0.39 is 0 Å². The first-order chi connectivity index (χ1) is 7.39. The van der Waals surface area contributed by atoms with Crippen LogP contribution in [0.15, 0.2) is 0 Å². The molecule has 3 fully saturated rings. The van der Waals surface area contributed by atoms with Gasteiger partial charge in [0.05, 0.1) is 0 Å². The second-order valence-corrected chi connectivity index (χ2v) is 7.39. The van der Waals surface area contributed by atoms with Crippen molar-refractivity contribution in [3.63, 3.8) is 0 Å². The van der Waals surface area contributed by atoms with E-state index in [0.29, 0.717) is 23.0 Å². The highest BCUT2D eigenvalue weighted by Crippen LogP contribution is 2.71. The molecule has 0 N–H and O–H groups in total. The molecule has 0 aromatic heterocycles. The van der Waals surface area contributed by atoms with Gasteiger partial charge in [-0.05, 0) is 47.8 Å². The SMILES string of the molecule is C[C@@H]1CC[C@@]23C[C@@H]1C(C)(C)[C@@H]2C(=O)C[C@H]3C. The van der Waals surface area contributed by atoms with E-state index in [0.717, 1.165) is 18.3 Å². The van der Waals surface area contributed by atoms with Crippen molar-refractivity contribution in [1.29, 1.82) is 0 Å². The van der Waals surface area contributed by atoms with Gasteiger partial charge in [-0.1, -0.05) is 27.7 Å². The van der Waals surface area contributed by atoms with Crippen LogP contribution in [-0.2, 0) is 4.79 Å². The Labute approximate surface area is 99.0 Å². The largest absolute Gasteiger partial charge is 0.299 e. The van der Waals surface area contributed by atoms with Crippen LogP contribution in [0.2, 0.25) is 0 Å². The molecule has 16 heavy (non-hydrogen) atoms. The van der Waals surface area contributed by atoms with E-state index in [2.05, 4.69) is 27.7 Å². The highest BCUT2D eigenvalue weighted by Gasteiger charge is 2.67. The number of carbonyl (C=O) groups excluding carboxylic acids is 1. The maximum absolute atomic E-state index is 12.3. The quantitative estimate of drug-likeness (QED) is 0.608. The predicted molar refractivity (Wildman–Crippen MR) is 65.0 cm³/mol. The van der Waals surface area contributed by atoms with Crippen LogP contribution in [0.1, 0.15) is 53.4 Å². The number of ketones is 1. The summed E-state index contributed by atoms with van der Waals surface area (Å²) in [4.78, 5) is 12.3. The van der Waals surface area contributed by atoms with E-state index in [9.17, 15) is 4.79 Å². The first-order valence-corrected chi connectivity index (χ1v) is 6.92. The summed E-state index contributed by atoms with van der Waals surface area (Å²) in [7, 11) is 0. The highest BCUT2D eigenvalue weighted by molar-refractivity contribution is 5.86. The van der Waals surface area contributed by atoms with E-state index >= 15 is 0 Å². The molecule has 90 valence electrons. The Hall–Kier alpha value is -0.330. The molecule has 3 aliphatic carbocycles. The molecule has 0 saturated heterocycles. The molecule has 3 saturated carbocycles. The van der Waals surface area contributed by atoms with Gasteiger partial charge < -0.3 is 0 Å². The van der Waals surface area contributed by atoms with Crippen LogP contribution in [0.25, 0.3) is 0 Å². The molecule has 1 spiro atoms. The fraction of sp³-hybridized carbons (Fsp3) is 0.933. The fourth-order valence-electron chi connectivity index (χ4n) is 5.71. The smallest absolute Gasteiger partial charge is 0.137 e. The van der Waals surface area contributed by atoms with Crippen LogP contribution in [0.4, 0.5) is 0 Å². The maximum atomic E-state index is 12.3. The van der Waals surface area contributed by atoms with Gasteiger partial charge in [-0.25, -0.2) is 0 Å². The minimum Gasteiger partial charge on any atom is -0.299 e. The van der Waals surface area contributed by atoms with Crippen molar-refractivity contribution in [2.24, 2.45) is 34.5 Å². The Bertz CT molecular complexity index is 343. The Kier molecular flexibility index (Phi) is 1.97. The van der Waals surface area contributed by atoms with Crippen LogP contribution in [0, 0.1) is 34.5 Å². The van der Waals surface area contributed by atoms with Gasteiger partial charge in [-0.3, -0.25) is 4.79 Å². The lowest BCUT2D eigenvalue weighted by atomic mass is 9.66. The molecule has 0 unspecified atom stereocenters. The Morgan fingerprint density at radius 1 is 1.25 bits per heavy atom. The van der Waals surface area contributed by atoms with Gasteiger partial charge in [0, 0.05) is 12.3 Å². The molecule has 0 aliphatic heterocycles. The number of hydrogen-bond acceptors (Lipinski definition) is 1. The number of hydrogen-bond donors (Lipinski definition) is 0. The van der Waals surface area contributed by atoms with E-state index in [1.165, 1.54) is 19.3 Å². The van der Waals surface area contributed by atoms with Crippen molar-refractivity contribution in [2.45, 2.75) is 53.4 Å². The monoisotopic (exact) mass is 220 g/mol. The lowest BCUT2D eigenvalue weighted by Crippen LogP contribution is -2.33. The van der Waals surface area contributed by atoms with Crippen molar-refractivity contribution in [2.75, 3.05) is 0 Å². The molecule has 3 rings (SSSR count). The molecular weight excluding hydrogens is 196 g/mol. The van der Waals surface area contributed by atoms with Crippen molar-refractivity contribution < 1.29 is 4.79 Å². The van der Waals surface area contributed by atoms with E-state index in [1.807, 2.05) is 0 Å². The van der Waals surface area contributed by atoms with Gasteiger partial charge >= 0.3 is 0 Å². The third-order valence-corrected chi connectivity index (χ3v) is 6.44. The zero-order valence-electron chi connectivity index (χ0n) is 11.0. The summed E-state index contributed by atoms with van der Waals surface area (Å²) >= 11 is 0. The highest BCUT2D eigenvalue weighted by atomic mass is 16.1. The summed E-state index contributed by atoms with van der Waals surface area (Å²) in [5.74, 6) is 3.21. The van der Waals surface area contributed by atoms with Gasteiger partial charge in [0.15, 0.2) is 0 Å². The summed E-state index contributed by atoms with van der Waals surface area (Å²) in [6, 6.07) is 0. The number of Topliss-reactive ketones (excluding diaryl/α,β-unsaturated/α-hetero) is 1.